The summed E-state index contributed by atoms with van der Waals surface area (Å²) in [6, 6.07) is 21.5. The minimum atomic E-state index is -0.546. The third kappa shape index (κ3) is 5.84. The lowest BCUT2D eigenvalue weighted by Crippen LogP contribution is -2.12. The minimum Gasteiger partial charge on any atom is -0.494 e. The van der Waals surface area contributed by atoms with Gasteiger partial charge in [0.2, 0.25) is 5.90 Å². The number of hydrogen-bond donors (Lipinski definition) is 0. The summed E-state index contributed by atoms with van der Waals surface area (Å²) in [5.74, 6) is 0.326. The molecule has 3 aromatic carbocycles. The van der Waals surface area contributed by atoms with E-state index < -0.39 is 11.9 Å². The van der Waals surface area contributed by atoms with Crippen molar-refractivity contribution < 1.29 is 23.8 Å². The highest BCUT2D eigenvalue weighted by atomic mass is 16.6. The summed E-state index contributed by atoms with van der Waals surface area (Å²) in [5, 5.41) is 0. The summed E-state index contributed by atoms with van der Waals surface area (Å²) in [5.41, 5.74) is 3.09. The number of cyclic esters (lactones) is 1. The maximum absolute atomic E-state index is 12.6. The second kappa shape index (κ2) is 9.97. The molecule has 6 nitrogen and oxygen atoms in total. The Morgan fingerprint density at radius 1 is 0.971 bits per heavy atom. The Morgan fingerprint density at radius 2 is 1.69 bits per heavy atom. The van der Waals surface area contributed by atoms with Gasteiger partial charge in [-0.1, -0.05) is 45.0 Å². The number of carbonyl (C=O) groups is 2. The van der Waals surface area contributed by atoms with E-state index in [-0.39, 0.29) is 17.0 Å². The van der Waals surface area contributed by atoms with Gasteiger partial charge in [0.25, 0.3) is 0 Å². The van der Waals surface area contributed by atoms with Gasteiger partial charge in [0.05, 0.1) is 12.2 Å². The van der Waals surface area contributed by atoms with Gasteiger partial charge in [-0.15, -0.1) is 0 Å². The Hall–Kier alpha value is -4.19. The third-order valence-electron chi connectivity index (χ3n) is 5.39. The van der Waals surface area contributed by atoms with Gasteiger partial charge in [0, 0.05) is 5.56 Å². The smallest absolute Gasteiger partial charge is 0.363 e. The Kier molecular flexibility index (Phi) is 6.82. The maximum Gasteiger partial charge on any atom is 0.363 e. The Balaban J connectivity index is 1.49. The number of rotatable bonds is 6. The Bertz CT molecular complexity index is 1300. The summed E-state index contributed by atoms with van der Waals surface area (Å²) in [6.07, 6.45) is 1.60. The van der Waals surface area contributed by atoms with Crippen LogP contribution in [-0.4, -0.2) is 24.4 Å². The standard InChI is InChI=1S/C29H27NO5/c1-5-33-23-15-11-20(12-16-23)26-30-25(28(32)35-26)18-19-7-6-8-24(17-19)34-27(31)21-9-13-22(14-10-21)29(2,3)4/h6-18H,5H2,1-4H3/b25-18-. The topological polar surface area (TPSA) is 74.2 Å². The third-order valence-corrected chi connectivity index (χ3v) is 5.39. The van der Waals surface area contributed by atoms with Crippen molar-refractivity contribution in [3.05, 3.63) is 101 Å². The summed E-state index contributed by atoms with van der Waals surface area (Å²) in [4.78, 5) is 29.3. The van der Waals surface area contributed by atoms with Gasteiger partial charge in [-0.3, -0.25) is 0 Å². The molecule has 0 fully saturated rings. The molecule has 0 unspecified atom stereocenters. The van der Waals surface area contributed by atoms with E-state index in [9.17, 15) is 9.59 Å². The monoisotopic (exact) mass is 469 g/mol. The zero-order chi connectivity index (χ0) is 25.0. The van der Waals surface area contributed by atoms with Gasteiger partial charge in [-0.05, 0) is 78.1 Å². The number of esters is 2. The van der Waals surface area contributed by atoms with Gasteiger partial charge in [0.15, 0.2) is 5.70 Å². The molecule has 0 bridgehead atoms. The number of aliphatic imine (C=N–C) groups is 1. The van der Waals surface area contributed by atoms with E-state index in [2.05, 4.69) is 25.8 Å². The molecule has 0 amide bonds. The molecule has 0 spiro atoms. The highest BCUT2D eigenvalue weighted by Crippen LogP contribution is 2.24. The molecule has 35 heavy (non-hydrogen) atoms. The molecule has 0 saturated heterocycles. The fraction of sp³-hybridized carbons (Fsp3) is 0.207. The predicted molar refractivity (Wildman–Crippen MR) is 135 cm³/mol. The van der Waals surface area contributed by atoms with Crippen LogP contribution in [0.3, 0.4) is 0 Å². The lowest BCUT2D eigenvalue weighted by molar-refractivity contribution is -0.129. The lowest BCUT2D eigenvalue weighted by Gasteiger charge is -2.18. The van der Waals surface area contributed by atoms with Crippen LogP contribution in [0.5, 0.6) is 11.5 Å². The molecule has 6 heteroatoms. The van der Waals surface area contributed by atoms with E-state index in [1.807, 2.05) is 19.1 Å². The van der Waals surface area contributed by atoms with Crippen molar-refractivity contribution in [3.63, 3.8) is 0 Å². The normalized spacial score (nSPS) is 14.5. The molecule has 0 saturated carbocycles. The van der Waals surface area contributed by atoms with E-state index in [0.717, 1.165) is 11.3 Å². The van der Waals surface area contributed by atoms with E-state index in [4.69, 9.17) is 14.2 Å². The second-order valence-electron chi connectivity index (χ2n) is 9.08. The van der Waals surface area contributed by atoms with Crippen LogP contribution in [0, 0.1) is 0 Å². The average Bonchev–Trinajstić information content (AvgIpc) is 3.19. The lowest BCUT2D eigenvalue weighted by atomic mass is 9.87. The molecule has 178 valence electrons. The van der Waals surface area contributed by atoms with Crippen molar-refractivity contribution in [1.82, 2.24) is 0 Å². The van der Waals surface area contributed by atoms with Gasteiger partial charge < -0.3 is 14.2 Å². The van der Waals surface area contributed by atoms with Gasteiger partial charge in [-0.25, -0.2) is 14.6 Å². The van der Waals surface area contributed by atoms with Crippen LogP contribution in [0.4, 0.5) is 0 Å². The number of ether oxygens (including phenoxy) is 3. The predicted octanol–water partition coefficient (Wildman–Crippen LogP) is 5.95. The van der Waals surface area contributed by atoms with Crippen LogP contribution in [0.2, 0.25) is 0 Å². The molecule has 1 heterocycles. The van der Waals surface area contributed by atoms with Crippen LogP contribution in [0.1, 0.15) is 54.7 Å². The first kappa shape index (κ1) is 24.0. The molecular weight excluding hydrogens is 442 g/mol. The van der Waals surface area contributed by atoms with Crippen LogP contribution in [-0.2, 0) is 14.9 Å². The van der Waals surface area contributed by atoms with Gasteiger partial charge in [0.1, 0.15) is 11.5 Å². The zero-order valence-electron chi connectivity index (χ0n) is 20.2. The largest absolute Gasteiger partial charge is 0.494 e. The van der Waals surface area contributed by atoms with Crippen molar-refractivity contribution in [2.24, 2.45) is 4.99 Å². The quantitative estimate of drug-likeness (QED) is 0.253. The number of carbonyl (C=O) groups excluding carboxylic acids is 2. The number of nitrogens with zero attached hydrogens (tertiary/aromatic N) is 1. The Labute approximate surface area is 204 Å². The van der Waals surface area contributed by atoms with Crippen molar-refractivity contribution in [1.29, 1.82) is 0 Å². The van der Waals surface area contributed by atoms with E-state index in [1.54, 1.807) is 66.7 Å². The SMILES string of the molecule is CCOc1ccc(C2=N/C(=C\c3cccc(OC(=O)c4ccc(C(C)(C)C)cc4)c3)C(=O)O2)cc1. The van der Waals surface area contributed by atoms with Gasteiger partial charge in [-0.2, -0.15) is 0 Å². The fourth-order valence-electron chi connectivity index (χ4n) is 3.49. The van der Waals surface area contributed by atoms with Crippen molar-refractivity contribution in [3.8, 4) is 11.5 Å². The summed E-state index contributed by atoms with van der Waals surface area (Å²) in [6.45, 7) is 8.83. The molecule has 1 aliphatic rings. The molecule has 0 N–H and O–H groups in total. The van der Waals surface area contributed by atoms with Crippen LogP contribution in [0.15, 0.2) is 83.5 Å². The van der Waals surface area contributed by atoms with Crippen molar-refractivity contribution >= 4 is 23.9 Å². The van der Waals surface area contributed by atoms with Crippen molar-refractivity contribution in [2.45, 2.75) is 33.1 Å². The summed E-state index contributed by atoms with van der Waals surface area (Å²) in [7, 11) is 0. The first-order valence-corrected chi connectivity index (χ1v) is 11.4. The molecule has 0 atom stereocenters. The van der Waals surface area contributed by atoms with Crippen LogP contribution < -0.4 is 9.47 Å². The molecule has 3 aromatic rings. The van der Waals surface area contributed by atoms with E-state index >= 15 is 0 Å². The van der Waals surface area contributed by atoms with Gasteiger partial charge >= 0.3 is 11.9 Å². The molecule has 4 rings (SSSR count). The summed E-state index contributed by atoms with van der Waals surface area (Å²) >= 11 is 0. The highest BCUT2D eigenvalue weighted by Gasteiger charge is 2.24. The Morgan fingerprint density at radius 3 is 2.34 bits per heavy atom. The fourth-order valence-corrected chi connectivity index (χ4v) is 3.49. The molecule has 0 radical (unpaired) electrons. The molecular formula is C29H27NO5. The zero-order valence-corrected chi connectivity index (χ0v) is 20.2. The minimum absolute atomic E-state index is 0.000916. The van der Waals surface area contributed by atoms with E-state index in [0.29, 0.717) is 29.0 Å². The van der Waals surface area contributed by atoms with Crippen molar-refractivity contribution in [2.75, 3.05) is 6.61 Å². The molecule has 0 aromatic heterocycles. The highest BCUT2D eigenvalue weighted by molar-refractivity contribution is 6.12. The summed E-state index contributed by atoms with van der Waals surface area (Å²) < 4.78 is 16.3. The first-order chi connectivity index (χ1) is 16.7. The number of hydrogen-bond acceptors (Lipinski definition) is 6. The second-order valence-corrected chi connectivity index (χ2v) is 9.08. The number of benzene rings is 3. The molecule has 0 aliphatic carbocycles. The molecule has 1 aliphatic heterocycles. The van der Waals surface area contributed by atoms with Crippen LogP contribution in [0.25, 0.3) is 6.08 Å². The van der Waals surface area contributed by atoms with E-state index in [1.165, 1.54) is 0 Å². The average molecular weight is 470 g/mol. The maximum atomic E-state index is 12.6. The van der Waals surface area contributed by atoms with Crippen LogP contribution >= 0.6 is 0 Å². The first-order valence-electron chi connectivity index (χ1n) is 11.4.